The molecule has 0 unspecified atom stereocenters. The topological polar surface area (TPSA) is 0 Å². The van der Waals surface area contributed by atoms with Crippen LogP contribution in [0.4, 0.5) is 0 Å². The van der Waals surface area contributed by atoms with Crippen LogP contribution < -0.4 is 0 Å². The molecule has 0 spiro atoms. The maximum absolute atomic E-state index is 2.59. The Labute approximate surface area is 470 Å². The van der Waals surface area contributed by atoms with Gasteiger partial charge in [-0.05, 0) is 196 Å². The van der Waals surface area contributed by atoms with Gasteiger partial charge in [-0.3, -0.25) is 0 Å². The predicted octanol–water partition coefficient (Wildman–Crippen LogP) is 24.6. The van der Waals surface area contributed by atoms with Crippen LogP contribution in [0.2, 0.25) is 0 Å². The zero-order chi connectivity index (χ0) is 52.5. The van der Waals surface area contributed by atoms with E-state index < -0.39 is 0 Å². The lowest BCUT2D eigenvalue weighted by atomic mass is 9.90. The van der Waals surface area contributed by atoms with Gasteiger partial charge in [0.1, 0.15) is 0 Å². The molecule has 75 heavy (non-hydrogen) atoms. The normalized spacial score (nSPS) is 11.6. The third kappa shape index (κ3) is 17.2. The summed E-state index contributed by atoms with van der Waals surface area (Å²) >= 11 is 5.76. The van der Waals surface area contributed by atoms with Crippen molar-refractivity contribution in [3.05, 3.63) is 141 Å². The number of hydrogen-bond donors (Lipinski definition) is 0. The second kappa shape index (κ2) is 32.7. The third-order valence-corrected chi connectivity index (χ3v) is 19.0. The molecule has 0 radical (unpaired) electrons. The van der Waals surface area contributed by atoms with Crippen LogP contribution in [0.5, 0.6) is 0 Å². The Balaban J connectivity index is 1.33. The van der Waals surface area contributed by atoms with Gasteiger partial charge in [0.25, 0.3) is 0 Å². The van der Waals surface area contributed by atoms with Crippen LogP contribution in [0.25, 0.3) is 64.7 Å². The van der Waals surface area contributed by atoms with Crippen LogP contribution in [0.15, 0.2) is 107 Å². The summed E-state index contributed by atoms with van der Waals surface area (Å²) in [5, 5.41) is 7.05. The van der Waals surface area contributed by atoms with Crippen LogP contribution >= 0.6 is 34.0 Å². The van der Waals surface area contributed by atoms with E-state index >= 15 is 0 Å². The Morgan fingerprint density at radius 3 is 0.707 bits per heavy atom. The molecule has 3 heterocycles. The molecule has 4 aromatic carbocycles. The third-order valence-electron chi connectivity index (χ3n) is 16.1. The summed E-state index contributed by atoms with van der Waals surface area (Å²) < 4.78 is 0. The van der Waals surface area contributed by atoms with Gasteiger partial charge in [-0.1, -0.05) is 212 Å². The lowest BCUT2D eigenvalue weighted by molar-refractivity contribution is 0.651. The summed E-state index contributed by atoms with van der Waals surface area (Å²) in [6.07, 6.45) is 38.4. The standard InChI is InChI=1S/C72H96S3/c1-7-13-19-25-31-55-37-40-61(49-58(55)34-28-22-16-10-4)67-43-46-73-70(67)64-52-65(71-68(44-47-74-71)62-41-38-56(32-26-20-14-8-2)59(50-62)35-29-23-17-11-5)54-66(53-64)72-69(45-48-75-72)63-42-39-57(33-27-21-15-9-3)60(51-63)36-30-24-18-12-6/h37-54H,7-36H2,1-6H3. The van der Waals surface area contributed by atoms with Crippen LogP contribution in [0.1, 0.15) is 229 Å². The first kappa shape index (κ1) is 58.7. The van der Waals surface area contributed by atoms with E-state index in [9.17, 15) is 0 Å². The fourth-order valence-corrected chi connectivity index (χ4v) is 14.3. The summed E-state index contributed by atoms with van der Waals surface area (Å²) in [5.74, 6) is 0. The Hall–Kier alpha value is -4.02. The van der Waals surface area contributed by atoms with E-state index in [2.05, 4.69) is 149 Å². The molecule has 402 valence electrons. The van der Waals surface area contributed by atoms with Gasteiger partial charge in [0.15, 0.2) is 0 Å². The summed E-state index contributed by atoms with van der Waals surface area (Å²) in [4.78, 5) is 4.14. The van der Waals surface area contributed by atoms with Crippen molar-refractivity contribution < 1.29 is 0 Å². The van der Waals surface area contributed by atoms with Gasteiger partial charge in [0.2, 0.25) is 0 Å². The Bertz CT molecular complexity index is 2410. The summed E-state index contributed by atoms with van der Waals surface area (Å²) in [5.41, 5.74) is 21.7. The highest BCUT2D eigenvalue weighted by Gasteiger charge is 2.20. The molecule has 3 aromatic heterocycles. The van der Waals surface area contributed by atoms with Crippen LogP contribution in [-0.4, -0.2) is 0 Å². The first-order valence-electron chi connectivity index (χ1n) is 30.7. The van der Waals surface area contributed by atoms with Gasteiger partial charge in [-0.25, -0.2) is 0 Å². The van der Waals surface area contributed by atoms with Crippen molar-refractivity contribution in [2.75, 3.05) is 0 Å². The molecule has 0 aliphatic carbocycles. The molecule has 7 rings (SSSR count). The highest BCUT2D eigenvalue weighted by molar-refractivity contribution is 7.15. The number of thiophene rings is 3. The molecule has 0 saturated heterocycles. The van der Waals surface area contributed by atoms with E-state index in [4.69, 9.17) is 0 Å². The second-order valence-corrected chi connectivity index (χ2v) is 24.9. The van der Waals surface area contributed by atoms with Crippen molar-refractivity contribution in [1.82, 2.24) is 0 Å². The minimum Gasteiger partial charge on any atom is -0.143 e. The van der Waals surface area contributed by atoms with E-state index in [1.165, 1.54) is 257 Å². The van der Waals surface area contributed by atoms with Crippen molar-refractivity contribution in [2.45, 2.75) is 234 Å². The fourth-order valence-electron chi connectivity index (χ4n) is 11.6. The maximum Gasteiger partial charge on any atom is 0.0421 e. The molecule has 7 aromatic rings. The average molecular weight is 1060 g/mol. The lowest BCUT2D eigenvalue weighted by Crippen LogP contribution is -1.97. The minimum absolute atomic E-state index is 1.18. The van der Waals surface area contributed by atoms with Gasteiger partial charge in [0, 0.05) is 31.3 Å². The van der Waals surface area contributed by atoms with Gasteiger partial charge < -0.3 is 0 Å². The molecule has 0 amide bonds. The molecule has 0 nitrogen and oxygen atoms in total. The van der Waals surface area contributed by atoms with E-state index in [0.29, 0.717) is 0 Å². The fraction of sp³-hybridized carbons (Fsp3) is 0.500. The van der Waals surface area contributed by atoms with Crippen molar-refractivity contribution in [1.29, 1.82) is 0 Å². The molecular formula is C72H96S3. The molecule has 0 aliphatic heterocycles. The SMILES string of the molecule is CCCCCCc1ccc(-c2ccsc2-c2cc(-c3sccc3-c3ccc(CCCCCC)c(CCCCCC)c3)cc(-c3sccc3-c3ccc(CCCCCC)c(CCCCCC)c3)c2)cc1CCCCCC. The summed E-state index contributed by atoms with van der Waals surface area (Å²) in [6, 6.07) is 37.5. The number of hydrogen-bond acceptors (Lipinski definition) is 3. The molecule has 0 atom stereocenters. The smallest absolute Gasteiger partial charge is 0.0421 e. The molecule has 0 N–H and O–H groups in total. The maximum atomic E-state index is 2.59. The van der Waals surface area contributed by atoms with E-state index in [1.807, 2.05) is 34.0 Å². The van der Waals surface area contributed by atoms with Gasteiger partial charge >= 0.3 is 0 Å². The van der Waals surface area contributed by atoms with Gasteiger partial charge in [-0.15, -0.1) is 34.0 Å². The van der Waals surface area contributed by atoms with Crippen molar-refractivity contribution in [2.24, 2.45) is 0 Å². The van der Waals surface area contributed by atoms with E-state index in [1.54, 1.807) is 33.4 Å². The Morgan fingerprint density at radius 1 is 0.227 bits per heavy atom. The molecule has 0 bridgehead atoms. The number of benzene rings is 4. The van der Waals surface area contributed by atoms with Crippen LogP contribution in [0.3, 0.4) is 0 Å². The second-order valence-electron chi connectivity index (χ2n) is 22.1. The summed E-state index contributed by atoms with van der Waals surface area (Å²) in [6.45, 7) is 14.0. The monoisotopic (exact) mass is 1060 g/mol. The lowest BCUT2D eigenvalue weighted by Gasteiger charge is -2.16. The molecule has 0 aliphatic rings. The van der Waals surface area contributed by atoms with E-state index in [-0.39, 0.29) is 0 Å². The van der Waals surface area contributed by atoms with Gasteiger partial charge in [0.05, 0.1) is 0 Å². The highest BCUT2D eigenvalue weighted by atomic mass is 32.1. The minimum atomic E-state index is 1.18. The largest absolute Gasteiger partial charge is 0.143 e. The summed E-state index contributed by atoms with van der Waals surface area (Å²) in [7, 11) is 0. The number of aryl methyl sites for hydroxylation is 6. The van der Waals surface area contributed by atoms with Crippen molar-refractivity contribution in [3.8, 4) is 64.7 Å². The zero-order valence-corrected chi connectivity index (χ0v) is 50.3. The van der Waals surface area contributed by atoms with Crippen LogP contribution in [0, 0.1) is 0 Å². The Morgan fingerprint density at radius 2 is 0.467 bits per heavy atom. The Kier molecular flexibility index (Phi) is 25.5. The van der Waals surface area contributed by atoms with Crippen molar-refractivity contribution in [3.63, 3.8) is 0 Å². The highest BCUT2D eigenvalue weighted by Crippen LogP contribution is 2.47. The predicted molar refractivity (Wildman–Crippen MR) is 340 cm³/mol. The van der Waals surface area contributed by atoms with Gasteiger partial charge in [-0.2, -0.15) is 0 Å². The van der Waals surface area contributed by atoms with Crippen molar-refractivity contribution >= 4 is 34.0 Å². The van der Waals surface area contributed by atoms with Crippen LogP contribution in [-0.2, 0) is 38.5 Å². The van der Waals surface area contributed by atoms with E-state index in [0.717, 1.165) is 0 Å². The average Bonchev–Trinajstić information content (AvgIpc) is 4.25. The number of rotatable bonds is 36. The molecule has 0 saturated carbocycles. The molecule has 3 heteroatoms. The zero-order valence-electron chi connectivity index (χ0n) is 47.8. The quantitative estimate of drug-likeness (QED) is 0.0344. The number of unbranched alkanes of at least 4 members (excludes halogenated alkanes) is 18. The first-order chi connectivity index (χ1) is 37.0. The molecular weight excluding hydrogens is 961 g/mol. The molecule has 0 fully saturated rings. The first-order valence-corrected chi connectivity index (χ1v) is 33.4.